The zero-order valence-corrected chi connectivity index (χ0v) is 11.1. The lowest BCUT2D eigenvalue weighted by Crippen LogP contribution is -2.35. The summed E-state index contributed by atoms with van der Waals surface area (Å²) in [6.07, 6.45) is -1.13. The Morgan fingerprint density at radius 2 is 2.05 bits per heavy atom. The number of aryl methyl sites for hydroxylation is 1. The highest BCUT2D eigenvalue weighted by Gasteiger charge is 2.17. The van der Waals surface area contributed by atoms with Crippen LogP contribution < -0.4 is 5.73 Å². The van der Waals surface area contributed by atoms with Crippen molar-refractivity contribution in [2.75, 3.05) is 18.8 Å². The monoisotopic (exact) mass is 270 g/mol. The molecule has 3 nitrogen and oxygen atoms in total. The number of nitrogens with two attached hydrogens (primary N) is 1. The van der Waals surface area contributed by atoms with Crippen molar-refractivity contribution in [3.63, 3.8) is 0 Å². The van der Waals surface area contributed by atoms with E-state index in [1.807, 2.05) is 25.1 Å². The number of hydrogen-bond acceptors (Lipinski definition) is 2. The first kappa shape index (κ1) is 15.4. The van der Waals surface area contributed by atoms with Crippen LogP contribution in [0.5, 0.6) is 0 Å². The number of alkyl halides is 2. The molecule has 0 aliphatic carbocycles. The third-order valence-corrected chi connectivity index (χ3v) is 2.87. The third-order valence-electron chi connectivity index (χ3n) is 2.87. The summed E-state index contributed by atoms with van der Waals surface area (Å²) in [6, 6.07) is 7.28. The van der Waals surface area contributed by atoms with E-state index in [1.165, 1.54) is 4.90 Å². The Labute approximate surface area is 112 Å². The smallest absolute Gasteiger partial charge is 0.255 e. The number of hydrogen-bond donors (Lipinski definition) is 1. The molecular weight excluding hydrogens is 250 g/mol. The lowest BCUT2D eigenvalue weighted by Gasteiger charge is -2.21. The first-order valence-corrected chi connectivity index (χ1v) is 6.44. The first-order valence-electron chi connectivity index (χ1n) is 6.44. The molecule has 0 fully saturated rings. The van der Waals surface area contributed by atoms with Gasteiger partial charge in [0.1, 0.15) is 0 Å². The second kappa shape index (κ2) is 7.71. The van der Waals surface area contributed by atoms with Gasteiger partial charge in [0.15, 0.2) is 0 Å². The van der Waals surface area contributed by atoms with Gasteiger partial charge in [0, 0.05) is 18.7 Å². The standard InChI is InChI=1S/C14H20F2N2O/c1-2-9-18(10-13(15)16)14(19)8-7-11-5-3-4-6-12(11)17/h3-6,13H,2,7-10,17H2,1H3. The Morgan fingerprint density at radius 1 is 1.37 bits per heavy atom. The molecule has 1 aromatic rings. The minimum Gasteiger partial charge on any atom is -0.399 e. The van der Waals surface area contributed by atoms with Gasteiger partial charge >= 0.3 is 0 Å². The Kier molecular flexibility index (Phi) is 6.25. The average molecular weight is 270 g/mol. The predicted molar refractivity (Wildman–Crippen MR) is 72.1 cm³/mol. The van der Waals surface area contributed by atoms with Gasteiger partial charge < -0.3 is 10.6 Å². The molecule has 5 heteroatoms. The van der Waals surface area contributed by atoms with Crippen LogP contribution in [-0.2, 0) is 11.2 Å². The Bertz CT molecular complexity index is 410. The van der Waals surface area contributed by atoms with Gasteiger partial charge in [-0.1, -0.05) is 25.1 Å². The highest BCUT2D eigenvalue weighted by atomic mass is 19.3. The summed E-state index contributed by atoms with van der Waals surface area (Å²) in [5.41, 5.74) is 7.29. The summed E-state index contributed by atoms with van der Waals surface area (Å²) in [5.74, 6) is -0.245. The lowest BCUT2D eigenvalue weighted by atomic mass is 10.1. The van der Waals surface area contributed by atoms with Crippen molar-refractivity contribution in [2.24, 2.45) is 0 Å². The molecule has 0 saturated heterocycles. The number of benzene rings is 1. The van der Waals surface area contributed by atoms with Gasteiger partial charge in [0.25, 0.3) is 6.43 Å². The summed E-state index contributed by atoms with van der Waals surface area (Å²) in [5, 5.41) is 0. The fraction of sp³-hybridized carbons (Fsp3) is 0.500. The van der Waals surface area contributed by atoms with Crippen LogP contribution >= 0.6 is 0 Å². The number of carbonyl (C=O) groups excluding carboxylic acids is 1. The number of anilines is 1. The van der Waals surface area contributed by atoms with Crippen molar-refractivity contribution in [1.82, 2.24) is 4.90 Å². The molecule has 19 heavy (non-hydrogen) atoms. The van der Waals surface area contributed by atoms with Crippen molar-refractivity contribution >= 4 is 11.6 Å². The maximum absolute atomic E-state index is 12.4. The van der Waals surface area contributed by atoms with Crippen LogP contribution in [0.15, 0.2) is 24.3 Å². The van der Waals surface area contributed by atoms with E-state index in [2.05, 4.69) is 0 Å². The van der Waals surface area contributed by atoms with Gasteiger partial charge in [-0.2, -0.15) is 0 Å². The molecule has 1 amide bonds. The van der Waals surface area contributed by atoms with Crippen LogP contribution in [0.25, 0.3) is 0 Å². The zero-order chi connectivity index (χ0) is 14.3. The van der Waals surface area contributed by atoms with E-state index in [0.717, 1.165) is 5.56 Å². The second-order valence-electron chi connectivity index (χ2n) is 4.43. The largest absolute Gasteiger partial charge is 0.399 e. The van der Waals surface area contributed by atoms with Crippen molar-refractivity contribution in [1.29, 1.82) is 0 Å². The minimum atomic E-state index is -2.49. The SMILES string of the molecule is CCCN(CC(F)F)C(=O)CCc1ccccc1N. The summed E-state index contributed by atoms with van der Waals surface area (Å²) >= 11 is 0. The van der Waals surface area contributed by atoms with Crippen LogP contribution in [0.2, 0.25) is 0 Å². The zero-order valence-electron chi connectivity index (χ0n) is 11.1. The quantitative estimate of drug-likeness (QED) is 0.774. The first-order chi connectivity index (χ1) is 9.04. The van der Waals surface area contributed by atoms with Crippen molar-refractivity contribution < 1.29 is 13.6 Å². The fourth-order valence-corrected chi connectivity index (χ4v) is 1.92. The molecule has 0 aliphatic heterocycles. The van der Waals surface area contributed by atoms with Gasteiger partial charge in [-0.25, -0.2) is 8.78 Å². The van der Waals surface area contributed by atoms with Gasteiger partial charge in [-0.15, -0.1) is 0 Å². The van der Waals surface area contributed by atoms with Gasteiger partial charge in [-0.3, -0.25) is 4.79 Å². The van der Waals surface area contributed by atoms with Gasteiger partial charge in [-0.05, 0) is 24.5 Å². The number of rotatable bonds is 7. The van der Waals surface area contributed by atoms with E-state index in [9.17, 15) is 13.6 Å². The average Bonchev–Trinajstić information content (AvgIpc) is 2.36. The molecule has 0 radical (unpaired) electrons. The van der Waals surface area contributed by atoms with Gasteiger partial charge in [0.2, 0.25) is 5.91 Å². The molecule has 1 rings (SSSR count). The number of amides is 1. The Morgan fingerprint density at radius 3 is 2.63 bits per heavy atom. The number of para-hydroxylation sites is 1. The van der Waals surface area contributed by atoms with E-state index < -0.39 is 13.0 Å². The highest BCUT2D eigenvalue weighted by molar-refractivity contribution is 5.76. The normalized spacial score (nSPS) is 10.7. The van der Waals surface area contributed by atoms with Gasteiger partial charge in [0.05, 0.1) is 6.54 Å². The van der Waals surface area contributed by atoms with Crippen LogP contribution in [-0.4, -0.2) is 30.3 Å². The molecule has 0 saturated carbocycles. The maximum atomic E-state index is 12.4. The highest BCUT2D eigenvalue weighted by Crippen LogP contribution is 2.14. The summed E-state index contributed by atoms with van der Waals surface area (Å²) in [6.45, 7) is 1.74. The van der Waals surface area contributed by atoms with Crippen molar-refractivity contribution in [3.8, 4) is 0 Å². The second-order valence-corrected chi connectivity index (χ2v) is 4.43. The molecule has 0 heterocycles. The van der Waals surface area contributed by atoms with Crippen LogP contribution in [0.3, 0.4) is 0 Å². The Hall–Kier alpha value is -1.65. The molecule has 0 unspecified atom stereocenters. The van der Waals surface area contributed by atoms with E-state index >= 15 is 0 Å². The molecule has 2 N–H and O–H groups in total. The van der Waals surface area contributed by atoms with Crippen LogP contribution in [0, 0.1) is 0 Å². The van der Waals surface area contributed by atoms with E-state index in [1.54, 1.807) is 6.07 Å². The molecule has 0 aromatic heterocycles. The molecule has 0 aliphatic rings. The number of nitrogen functional groups attached to an aromatic ring is 1. The molecule has 1 aromatic carbocycles. The fourth-order valence-electron chi connectivity index (χ4n) is 1.92. The molecule has 0 spiro atoms. The van der Waals surface area contributed by atoms with Crippen LogP contribution in [0.4, 0.5) is 14.5 Å². The predicted octanol–water partition coefficient (Wildman–Crippen LogP) is 2.71. The van der Waals surface area contributed by atoms with E-state index in [-0.39, 0.29) is 12.3 Å². The molecule has 0 atom stereocenters. The summed E-state index contributed by atoms with van der Waals surface area (Å²) < 4.78 is 24.8. The summed E-state index contributed by atoms with van der Waals surface area (Å²) in [4.78, 5) is 13.1. The number of carbonyl (C=O) groups is 1. The molecular formula is C14H20F2N2O. The van der Waals surface area contributed by atoms with E-state index in [4.69, 9.17) is 5.73 Å². The minimum absolute atomic E-state index is 0.209. The maximum Gasteiger partial charge on any atom is 0.255 e. The van der Waals surface area contributed by atoms with E-state index in [0.29, 0.717) is 25.1 Å². The molecule has 106 valence electrons. The van der Waals surface area contributed by atoms with Crippen LogP contribution in [0.1, 0.15) is 25.3 Å². The van der Waals surface area contributed by atoms with Crippen molar-refractivity contribution in [2.45, 2.75) is 32.6 Å². The topological polar surface area (TPSA) is 46.3 Å². The molecule has 0 bridgehead atoms. The van der Waals surface area contributed by atoms with Crippen molar-refractivity contribution in [3.05, 3.63) is 29.8 Å². The third kappa shape index (κ3) is 5.24. The number of nitrogens with zero attached hydrogens (tertiary/aromatic N) is 1. The lowest BCUT2D eigenvalue weighted by molar-refractivity contribution is -0.133. The number of halogens is 2. The summed E-state index contributed by atoms with van der Waals surface area (Å²) in [7, 11) is 0. The Balaban J connectivity index is 2.55.